The zero-order chi connectivity index (χ0) is 11.7. The number of carbonyl (C=O) groups excluding carboxylic acids is 1. The van der Waals surface area contributed by atoms with Gasteiger partial charge < -0.3 is 5.32 Å². The van der Waals surface area contributed by atoms with Gasteiger partial charge in [0, 0.05) is 10.0 Å². The van der Waals surface area contributed by atoms with Crippen molar-refractivity contribution < 1.29 is 4.79 Å². The Bertz CT molecular complexity index is 521. The van der Waals surface area contributed by atoms with Gasteiger partial charge in [-0.25, -0.2) is 4.99 Å². The Kier molecular flexibility index (Phi) is 2.99. The fraction of sp³-hybridized carbons (Fsp3) is 0.0909. The lowest BCUT2D eigenvalue weighted by molar-refractivity contribution is -0.115. The molecule has 1 aromatic rings. The molecular weight excluding hydrogens is 247 g/mol. The standard InChI is InChI=1S/C11H8Cl2N2O/c1-6-14-10(11(16)15-6)4-7-2-3-8(12)5-9(7)13/h2-5H,1H3,(H,14,15,16)/b10-4-. The minimum Gasteiger partial charge on any atom is -0.309 e. The van der Waals surface area contributed by atoms with Crippen molar-refractivity contribution in [3.05, 3.63) is 39.5 Å². The number of rotatable bonds is 1. The van der Waals surface area contributed by atoms with E-state index in [0.717, 1.165) is 5.56 Å². The van der Waals surface area contributed by atoms with Crippen LogP contribution in [-0.2, 0) is 4.79 Å². The highest BCUT2D eigenvalue weighted by Crippen LogP contribution is 2.23. The predicted octanol–water partition coefficient (Wildman–Crippen LogP) is 2.88. The lowest BCUT2D eigenvalue weighted by atomic mass is 10.2. The number of aliphatic imine (C=N–C) groups is 1. The fourth-order valence-electron chi connectivity index (χ4n) is 1.35. The molecule has 1 aromatic carbocycles. The Morgan fingerprint density at radius 1 is 1.38 bits per heavy atom. The van der Waals surface area contributed by atoms with Gasteiger partial charge in [-0.15, -0.1) is 0 Å². The molecule has 1 aliphatic heterocycles. The Hall–Kier alpha value is -1.32. The summed E-state index contributed by atoms with van der Waals surface area (Å²) in [6.45, 7) is 1.72. The largest absolute Gasteiger partial charge is 0.309 e. The first-order valence-corrected chi connectivity index (χ1v) is 5.35. The molecule has 2 rings (SSSR count). The van der Waals surface area contributed by atoms with Crippen LogP contribution >= 0.6 is 23.2 Å². The molecule has 0 bridgehead atoms. The van der Waals surface area contributed by atoms with Crippen molar-refractivity contribution in [1.82, 2.24) is 5.32 Å². The maximum Gasteiger partial charge on any atom is 0.275 e. The predicted molar refractivity (Wildman–Crippen MR) is 65.7 cm³/mol. The van der Waals surface area contributed by atoms with Gasteiger partial charge in [-0.3, -0.25) is 4.79 Å². The van der Waals surface area contributed by atoms with Gasteiger partial charge in [-0.1, -0.05) is 29.3 Å². The molecule has 0 radical (unpaired) electrons. The molecule has 1 N–H and O–H groups in total. The van der Waals surface area contributed by atoms with Crippen LogP contribution < -0.4 is 5.32 Å². The van der Waals surface area contributed by atoms with E-state index in [1.165, 1.54) is 0 Å². The van der Waals surface area contributed by atoms with Crippen molar-refractivity contribution >= 4 is 41.0 Å². The Morgan fingerprint density at radius 2 is 2.12 bits per heavy atom. The molecule has 0 fully saturated rings. The van der Waals surface area contributed by atoms with Gasteiger partial charge in [-0.05, 0) is 30.7 Å². The molecule has 1 aliphatic rings. The van der Waals surface area contributed by atoms with Crippen LogP contribution in [0.5, 0.6) is 0 Å². The Balaban J connectivity index is 2.40. The number of halogens is 2. The van der Waals surface area contributed by atoms with E-state index in [4.69, 9.17) is 23.2 Å². The highest BCUT2D eigenvalue weighted by molar-refractivity contribution is 6.35. The van der Waals surface area contributed by atoms with E-state index in [0.29, 0.717) is 21.6 Å². The summed E-state index contributed by atoms with van der Waals surface area (Å²) in [6.07, 6.45) is 1.63. The zero-order valence-electron chi connectivity index (χ0n) is 8.42. The molecule has 5 heteroatoms. The average molecular weight is 255 g/mol. The zero-order valence-corrected chi connectivity index (χ0v) is 9.93. The van der Waals surface area contributed by atoms with Crippen molar-refractivity contribution in [3.8, 4) is 0 Å². The number of nitrogens with zero attached hydrogens (tertiary/aromatic N) is 1. The molecule has 16 heavy (non-hydrogen) atoms. The van der Waals surface area contributed by atoms with Crippen molar-refractivity contribution in [3.63, 3.8) is 0 Å². The summed E-state index contributed by atoms with van der Waals surface area (Å²) in [4.78, 5) is 15.5. The van der Waals surface area contributed by atoms with E-state index in [9.17, 15) is 4.79 Å². The maximum absolute atomic E-state index is 11.4. The van der Waals surface area contributed by atoms with Gasteiger partial charge in [0.05, 0.1) is 0 Å². The van der Waals surface area contributed by atoms with E-state index in [2.05, 4.69) is 10.3 Å². The van der Waals surface area contributed by atoms with Crippen LogP contribution in [0.15, 0.2) is 28.9 Å². The smallest absolute Gasteiger partial charge is 0.275 e. The first-order chi connectivity index (χ1) is 7.56. The van der Waals surface area contributed by atoms with E-state index < -0.39 is 0 Å². The summed E-state index contributed by atoms with van der Waals surface area (Å²) in [7, 11) is 0. The monoisotopic (exact) mass is 254 g/mol. The number of nitrogens with one attached hydrogen (secondary N) is 1. The minimum atomic E-state index is -0.219. The molecule has 0 unspecified atom stereocenters. The van der Waals surface area contributed by atoms with E-state index in [1.54, 1.807) is 31.2 Å². The molecule has 1 heterocycles. The summed E-state index contributed by atoms with van der Waals surface area (Å²) in [5.74, 6) is 0.366. The SMILES string of the molecule is CC1=N/C(=C\c2ccc(Cl)cc2Cl)C(=O)N1. The number of carbonyl (C=O) groups is 1. The second-order valence-corrected chi connectivity index (χ2v) is 4.19. The molecule has 0 atom stereocenters. The van der Waals surface area contributed by atoms with Crippen molar-refractivity contribution in [2.45, 2.75) is 6.92 Å². The van der Waals surface area contributed by atoms with Gasteiger partial charge in [-0.2, -0.15) is 0 Å². The number of benzene rings is 1. The van der Waals surface area contributed by atoms with Crippen LogP contribution in [-0.4, -0.2) is 11.7 Å². The first-order valence-electron chi connectivity index (χ1n) is 4.59. The summed E-state index contributed by atoms with van der Waals surface area (Å²) in [5.41, 5.74) is 1.07. The van der Waals surface area contributed by atoms with Crippen molar-refractivity contribution in [2.75, 3.05) is 0 Å². The van der Waals surface area contributed by atoms with Crippen LogP contribution in [0.3, 0.4) is 0 Å². The maximum atomic E-state index is 11.4. The summed E-state index contributed by atoms with van der Waals surface area (Å²) in [5, 5.41) is 3.64. The van der Waals surface area contributed by atoms with Crippen LogP contribution in [0.2, 0.25) is 10.0 Å². The number of amides is 1. The van der Waals surface area contributed by atoms with Crippen molar-refractivity contribution in [2.24, 2.45) is 4.99 Å². The van der Waals surface area contributed by atoms with Gasteiger partial charge in [0.2, 0.25) is 0 Å². The first kappa shape index (κ1) is 11.2. The van der Waals surface area contributed by atoms with E-state index in [1.807, 2.05) is 0 Å². The highest BCUT2D eigenvalue weighted by atomic mass is 35.5. The second kappa shape index (κ2) is 4.28. The molecular formula is C11H8Cl2N2O. The van der Waals surface area contributed by atoms with Gasteiger partial charge >= 0.3 is 0 Å². The van der Waals surface area contributed by atoms with Gasteiger partial charge in [0.25, 0.3) is 5.91 Å². The number of hydrogen-bond donors (Lipinski definition) is 1. The molecule has 0 saturated heterocycles. The quantitative estimate of drug-likeness (QED) is 0.770. The fourth-order valence-corrected chi connectivity index (χ4v) is 1.81. The number of amidine groups is 1. The minimum absolute atomic E-state index is 0.219. The molecule has 0 saturated carbocycles. The normalized spacial score (nSPS) is 17.6. The van der Waals surface area contributed by atoms with Gasteiger partial charge in [0.1, 0.15) is 11.5 Å². The summed E-state index contributed by atoms with van der Waals surface area (Å²) >= 11 is 11.8. The molecule has 0 spiro atoms. The second-order valence-electron chi connectivity index (χ2n) is 3.35. The summed E-state index contributed by atoms with van der Waals surface area (Å²) in [6, 6.07) is 5.08. The highest BCUT2D eigenvalue weighted by Gasteiger charge is 2.16. The van der Waals surface area contributed by atoms with Crippen LogP contribution in [0.4, 0.5) is 0 Å². The third-order valence-electron chi connectivity index (χ3n) is 2.07. The van der Waals surface area contributed by atoms with Gasteiger partial charge in [0.15, 0.2) is 0 Å². The molecule has 0 aromatic heterocycles. The third kappa shape index (κ3) is 2.26. The lowest BCUT2D eigenvalue weighted by Crippen LogP contribution is -2.21. The van der Waals surface area contributed by atoms with E-state index in [-0.39, 0.29) is 5.91 Å². The summed E-state index contributed by atoms with van der Waals surface area (Å²) < 4.78 is 0. The van der Waals surface area contributed by atoms with Crippen LogP contribution in [0, 0.1) is 0 Å². The molecule has 0 aliphatic carbocycles. The average Bonchev–Trinajstić information content (AvgIpc) is 2.50. The van der Waals surface area contributed by atoms with E-state index >= 15 is 0 Å². The topological polar surface area (TPSA) is 41.5 Å². The molecule has 3 nitrogen and oxygen atoms in total. The molecule has 82 valence electrons. The lowest BCUT2D eigenvalue weighted by Gasteiger charge is -1.99. The van der Waals surface area contributed by atoms with Crippen LogP contribution in [0.1, 0.15) is 12.5 Å². The third-order valence-corrected chi connectivity index (χ3v) is 2.63. The Labute approximate surface area is 103 Å². The molecule has 1 amide bonds. The number of hydrogen-bond acceptors (Lipinski definition) is 2. The van der Waals surface area contributed by atoms with Crippen molar-refractivity contribution in [1.29, 1.82) is 0 Å². The Morgan fingerprint density at radius 3 is 2.69 bits per heavy atom. The van der Waals surface area contributed by atoms with Crippen LogP contribution in [0.25, 0.3) is 6.08 Å².